The second-order valence-electron chi connectivity index (χ2n) is 4.56. The molecule has 0 heterocycles. The van der Waals surface area contributed by atoms with E-state index in [4.69, 9.17) is 5.11 Å². The molecule has 0 saturated carbocycles. The Morgan fingerprint density at radius 2 is 1.87 bits per heavy atom. The molecular formula is C10H20N2O3. The van der Waals surface area contributed by atoms with Crippen molar-refractivity contribution in [3.05, 3.63) is 0 Å². The number of hydrogen-bond acceptors (Lipinski definition) is 3. The molecule has 0 spiro atoms. The van der Waals surface area contributed by atoms with Crippen LogP contribution in [-0.2, 0) is 9.59 Å². The highest BCUT2D eigenvalue weighted by atomic mass is 16.4. The Kier molecular flexibility index (Phi) is 5.28. The molecule has 5 nitrogen and oxygen atoms in total. The monoisotopic (exact) mass is 216 g/mol. The zero-order chi connectivity index (χ0) is 12.1. The molecule has 0 aromatic heterocycles. The summed E-state index contributed by atoms with van der Waals surface area (Å²) in [6.45, 7) is 6.40. The Bertz CT molecular complexity index is 233. The molecule has 0 aromatic rings. The molecule has 0 unspecified atom stereocenters. The van der Waals surface area contributed by atoms with Crippen LogP contribution in [0.5, 0.6) is 0 Å². The summed E-state index contributed by atoms with van der Waals surface area (Å²) in [7, 11) is 1.61. The van der Waals surface area contributed by atoms with Crippen molar-refractivity contribution in [1.29, 1.82) is 0 Å². The van der Waals surface area contributed by atoms with Gasteiger partial charge in [-0.15, -0.1) is 0 Å². The van der Waals surface area contributed by atoms with Gasteiger partial charge in [-0.2, -0.15) is 0 Å². The number of carboxylic acids is 1. The van der Waals surface area contributed by atoms with Crippen molar-refractivity contribution in [2.24, 2.45) is 0 Å². The Morgan fingerprint density at radius 1 is 1.33 bits per heavy atom. The fourth-order valence-electron chi connectivity index (χ4n) is 0.864. The average molecular weight is 216 g/mol. The van der Waals surface area contributed by atoms with E-state index in [1.807, 2.05) is 20.8 Å². The first-order valence-corrected chi connectivity index (χ1v) is 4.93. The smallest absolute Gasteiger partial charge is 0.305 e. The standard InChI is InChI=1S/C10H20N2O3/c1-10(2,3)11-7-8(13)12(4)6-5-9(14)15/h11H,5-7H2,1-4H3,(H,14,15). The minimum Gasteiger partial charge on any atom is -0.481 e. The van der Waals surface area contributed by atoms with E-state index in [1.165, 1.54) is 4.90 Å². The summed E-state index contributed by atoms with van der Waals surface area (Å²) >= 11 is 0. The molecule has 0 radical (unpaired) electrons. The van der Waals surface area contributed by atoms with E-state index < -0.39 is 5.97 Å². The van der Waals surface area contributed by atoms with Crippen molar-refractivity contribution in [1.82, 2.24) is 10.2 Å². The number of nitrogens with one attached hydrogen (secondary N) is 1. The van der Waals surface area contributed by atoms with Crippen LogP contribution in [0.4, 0.5) is 0 Å². The van der Waals surface area contributed by atoms with Crippen LogP contribution in [-0.4, -0.2) is 47.6 Å². The largest absolute Gasteiger partial charge is 0.481 e. The molecule has 1 amide bonds. The molecule has 88 valence electrons. The van der Waals surface area contributed by atoms with Crippen molar-refractivity contribution < 1.29 is 14.7 Å². The second kappa shape index (κ2) is 5.70. The summed E-state index contributed by atoms with van der Waals surface area (Å²) in [4.78, 5) is 23.2. The normalized spacial score (nSPS) is 11.2. The van der Waals surface area contributed by atoms with E-state index in [0.717, 1.165) is 0 Å². The third-order valence-corrected chi connectivity index (χ3v) is 1.86. The summed E-state index contributed by atoms with van der Waals surface area (Å²) in [5.74, 6) is -0.982. The van der Waals surface area contributed by atoms with Gasteiger partial charge >= 0.3 is 5.97 Å². The molecule has 0 saturated heterocycles. The van der Waals surface area contributed by atoms with Gasteiger partial charge in [-0.05, 0) is 20.8 Å². The molecule has 2 N–H and O–H groups in total. The van der Waals surface area contributed by atoms with Crippen LogP contribution in [0.25, 0.3) is 0 Å². The van der Waals surface area contributed by atoms with Crippen molar-refractivity contribution in [2.45, 2.75) is 32.7 Å². The highest BCUT2D eigenvalue weighted by molar-refractivity contribution is 5.78. The molecule has 0 rings (SSSR count). The molecule has 15 heavy (non-hydrogen) atoms. The van der Waals surface area contributed by atoms with Gasteiger partial charge in [-0.3, -0.25) is 9.59 Å². The quantitative estimate of drug-likeness (QED) is 0.694. The third-order valence-electron chi connectivity index (χ3n) is 1.86. The van der Waals surface area contributed by atoms with Gasteiger partial charge in [0.2, 0.25) is 5.91 Å². The number of amides is 1. The maximum atomic E-state index is 11.5. The van der Waals surface area contributed by atoms with Crippen LogP contribution < -0.4 is 5.32 Å². The predicted octanol–water partition coefficient (Wildman–Crippen LogP) is 0.308. The summed E-state index contributed by atoms with van der Waals surface area (Å²) in [6, 6.07) is 0. The number of carboxylic acid groups (broad SMARTS) is 1. The average Bonchev–Trinajstić information content (AvgIpc) is 2.08. The van der Waals surface area contributed by atoms with Gasteiger partial charge in [-0.1, -0.05) is 0 Å². The molecule has 0 aliphatic carbocycles. The van der Waals surface area contributed by atoms with Crippen LogP contribution in [0, 0.1) is 0 Å². The fraction of sp³-hybridized carbons (Fsp3) is 0.800. The number of likely N-dealkylation sites (N-methyl/N-ethyl adjacent to an activating group) is 1. The number of carbonyl (C=O) groups is 2. The van der Waals surface area contributed by atoms with Crippen LogP contribution in [0.1, 0.15) is 27.2 Å². The van der Waals surface area contributed by atoms with Crippen molar-refractivity contribution in [3.63, 3.8) is 0 Å². The van der Waals surface area contributed by atoms with E-state index in [0.29, 0.717) is 0 Å². The van der Waals surface area contributed by atoms with E-state index >= 15 is 0 Å². The van der Waals surface area contributed by atoms with Gasteiger partial charge in [0.05, 0.1) is 13.0 Å². The number of aliphatic carboxylic acids is 1. The van der Waals surface area contributed by atoms with Crippen LogP contribution in [0.2, 0.25) is 0 Å². The van der Waals surface area contributed by atoms with Crippen LogP contribution >= 0.6 is 0 Å². The van der Waals surface area contributed by atoms with E-state index in [-0.39, 0.29) is 31.0 Å². The van der Waals surface area contributed by atoms with E-state index in [2.05, 4.69) is 5.32 Å². The number of carbonyl (C=O) groups excluding carboxylic acids is 1. The van der Waals surface area contributed by atoms with Crippen molar-refractivity contribution >= 4 is 11.9 Å². The SMILES string of the molecule is CN(CCC(=O)O)C(=O)CNC(C)(C)C. The molecule has 0 atom stereocenters. The Labute approximate surface area is 90.5 Å². The van der Waals surface area contributed by atoms with Crippen LogP contribution in [0.15, 0.2) is 0 Å². The first-order chi connectivity index (χ1) is 6.72. The number of rotatable bonds is 5. The van der Waals surface area contributed by atoms with Gasteiger partial charge in [0.25, 0.3) is 0 Å². The maximum absolute atomic E-state index is 11.5. The van der Waals surface area contributed by atoms with Crippen molar-refractivity contribution in [2.75, 3.05) is 20.1 Å². The third kappa shape index (κ3) is 7.93. The highest BCUT2D eigenvalue weighted by Crippen LogP contribution is 1.98. The molecule has 0 fully saturated rings. The lowest BCUT2D eigenvalue weighted by molar-refractivity contribution is -0.138. The lowest BCUT2D eigenvalue weighted by atomic mass is 10.1. The second-order valence-corrected chi connectivity index (χ2v) is 4.56. The van der Waals surface area contributed by atoms with E-state index in [9.17, 15) is 9.59 Å². The Hall–Kier alpha value is -1.10. The number of hydrogen-bond donors (Lipinski definition) is 2. The van der Waals surface area contributed by atoms with Gasteiger partial charge < -0.3 is 15.3 Å². The maximum Gasteiger partial charge on any atom is 0.305 e. The minimum atomic E-state index is -0.890. The molecule has 0 aliphatic rings. The lowest BCUT2D eigenvalue weighted by Crippen LogP contribution is -2.44. The number of nitrogens with zero attached hydrogens (tertiary/aromatic N) is 1. The lowest BCUT2D eigenvalue weighted by Gasteiger charge is -2.23. The topological polar surface area (TPSA) is 69.6 Å². The zero-order valence-corrected chi connectivity index (χ0v) is 9.83. The predicted molar refractivity (Wildman–Crippen MR) is 57.6 cm³/mol. The molecule has 0 bridgehead atoms. The zero-order valence-electron chi connectivity index (χ0n) is 9.83. The highest BCUT2D eigenvalue weighted by Gasteiger charge is 2.14. The molecule has 5 heteroatoms. The minimum absolute atomic E-state index is 0.0161. The molecular weight excluding hydrogens is 196 g/mol. The summed E-state index contributed by atoms with van der Waals surface area (Å²) < 4.78 is 0. The van der Waals surface area contributed by atoms with Gasteiger partial charge in [0, 0.05) is 19.1 Å². The Balaban J connectivity index is 3.84. The van der Waals surface area contributed by atoms with Crippen LogP contribution in [0.3, 0.4) is 0 Å². The first kappa shape index (κ1) is 13.9. The van der Waals surface area contributed by atoms with Gasteiger partial charge in [0.1, 0.15) is 0 Å². The molecule has 0 aromatic carbocycles. The van der Waals surface area contributed by atoms with E-state index in [1.54, 1.807) is 7.05 Å². The molecule has 0 aliphatic heterocycles. The fourth-order valence-corrected chi connectivity index (χ4v) is 0.864. The van der Waals surface area contributed by atoms with Gasteiger partial charge in [-0.25, -0.2) is 0 Å². The summed E-state index contributed by atoms with van der Waals surface area (Å²) in [5, 5.41) is 11.5. The summed E-state index contributed by atoms with van der Waals surface area (Å²) in [6.07, 6.45) is -0.0161. The van der Waals surface area contributed by atoms with Crippen molar-refractivity contribution in [3.8, 4) is 0 Å². The Morgan fingerprint density at radius 3 is 2.27 bits per heavy atom. The summed E-state index contributed by atoms with van der Waals surface area (Å²) in [5.41, 5.74) is -0.108. The van der Waals surface area contributed by atoms with Gasteiger partial charge in [0.15, 0.2) is 0 Å². The first-order valence-electron chi connectivity index (χ1n) is 4.93.